The summed E-state index contributed by atoms with van der Waals surface area (Å²) in [6, 6.07) is -0.351. The van der Waals surface area contributed by atoms with Crippen molar-refractivity contribution in [2.24, 2.45) is 0 Å². The monoisotopic (exact) mass is 282 g/mol. The van der Waals surface area contributed by atoms with E-state index in [1.807, 2.05) is 27.7 Å². The van der Waals surface area contributed by atoms with E-state index in [2.05, 4.69) is 27.5 Å². The molecule has 0 aliphatic rings. The molecule has 0 radical (unpaired) electrons. The number of carbonyl (C=O) groups is 1. The van der Waals surface area contributed by atoms with Crippen molar-refractivity contribution in [1.82, 2.24) is 15.3 Å². The van der Waals surface area contributed by atoms with Crippen molar-refractivity contribution in [1.29, 1.82) is 0 Å². The first-order valence-electron chi connectivity index (χ1n) is 6.35. The summed E-state index contributed by atoms with van der Waals surface area (Å²) < 4.78 is 0. The number of hydrogen-bond donors (Lipinski definition) is 2. The lowest BCUT2D eigenvalue weighted by atomic mass is 10.1. The molecule has 6 heteroatoms. The molecule has 106 valence electrons. The third kappa shape index (κ3) is 5.92. The normalized spacial score (nSPS) is 12.9. The first-order valence-corrected chi connectivity index (χ1v) is 7.34. The van der Waals surface area contributed by atoms with Gasteiger partial charge in [0, 0.05) is 5.54 Å². The van der Waals surface area contributed by atoms with Crippen LogP contribution in [0.3, 0.4) is 0 Å². The molecular weight excluding hydrogens is 260 g/mol. The van der Waals surface area contributed by atoms with Crippen molar-refractivity contribution in [3.63, 3.8) is 0 Å². The lowest BCUT2D eigenvalue weighted by Crippen LogP contribution is -2.47. The summed E-state index contributed by atoms with van der Waals surface area (Å²) >= 11 is 1.62. The van der Waals surface area contributed by atoms with E-state index in [1.54, 1.807) is 24.2 Å². The molecule has 0 spiro atoms. The van der Waals surface area contributed by atoms with Gasteiger partial charge in [0.1, 0.15) is 16.9 Å². The average molecular weight is 282 g/mol. The Kier molecular flexibility index (Phi) is 5.60. The van der Waals surface area contributed by atoms with Crippen molar-refractivity contribution < 1.29 is 4.79 Å². The lowest BCUT2D eigenvalue weighted by Gasteiger charge is -2.23. The first-order chi connectivity index (χ1) is 8.81. The Morgan fingerprint density at radius 1 is 1.42 bits per heavy atom. The summed E-state index contributed by atoms with van der Waals surface area (Å²) in [7, 11) is 0. The van der Waals surface area contributed by atoms with Gasteiger partial charge in [-0.05, 0) is 33.4 Å². The van der Waals surface area contributed by atoms with E-state index >= 15 is 0 Å². The lowest BCUT2D eigenvalue weighted by molar-refractivity contribution is -0.122. The molecular formula is C13H22N4OS. The number of amides is 1. The Bertz CT molecular complexity index is 431. The van der Waals surface area contributed by atoms with Crippen LogP contribution in [0.25, 0.3) is 0 Å². The van der Waals surface area contributed by atoms with Crippen molar-refractivity contribution in [2.75, 3.05) is 11.1 Å². The highest BCUT2D eigenvalue weighted by Crippen LogP contribution is 2.15. The van der Waals surface area contributed by atoms with Crippen LogP contribution in [0.2, 0.25) is 0 Å². The molecule has 0 aliphatic carbocycles. The van der Waals surface area contributed by atoms with Crippen LogP contribution < -0.4 is 10.6 Å². The molecule has 19 heavy (non-hydrogen) atoms. The Hall–Kier alpha value is -1.30. The van der Waals surface area contributed by atoms with Gasteiger partial charge >= 0.3 is 0 Å². The van der Waals surface area contributed by atoms with Gasteiger partial charge in [0.25, 0.3) is 0 Å². The largest absolute Gasteiger partial charge is 0.357 e. The fraction of sp³-hybridized carbons (Fsp3) is 0.615. The molecule has 1 atom stereocenters. The summed E-state index contributed by atoms with van der Waals surface area (Å²) in [5.41, 5.74) is -0.237. The highest BCUT2D eigenvalue weighted by Gasteiger charge is 2.19. The number of rotatable bonds is 5. The van der Waals surface area contributed by atoms with Gasteiger partial charge in [-0.3, -0.25) is 9.78 Å². The number of aromatic nitrogens is 2. The minimum absolute atomic E-state index is 0.0529. The van der Waals surface area contributed by atoms with Gasteiger partial charge in [-0.15, -0.1) is 11.8 Å². The third-order valence-corrected chi connectivity index (χ3v) is 2.94. The topological polar surface area (TPSA) is 66.9 Å². The second-order valence-corrected chi connectivity index (χ2v) is 6.57. The zero-order valence-electron chi connectivity index (χ0n) is 12.2. The van der Waals surface area contributed by atoms with Gasteiger partial charge in [-0.2, -0.15) is 0 Å². The number of thioether (sulfide) groups is 1. The molecule has 0 bridgehead atoms. The van der Waals surface area contributed by atoms with Gasteiger partial charge in [0.15, 0.2) is 0 Å². The zero-order chi connectivity index (χ0) is 14.5. The van der Waals surface area contributed by atoms with Crippen LogP contribution in [0.5, 0.6) is 0 Å². The molecule has 1 amide bonds. The van der Waals surface area contributed by atoms with Crippen molar-refractivity contribution >= 4 is 23.5 Å². The quantitative estimate of drug-likeness (QED) is 0.811. The van der Waals surface area contributed by atoms with E-state index in [0.29, 0.717) is 5.82 Å². The van der Waals surface area contributed by atoms with E-state index in [-0.39, 0.29) is 17.5 Å². The molecule has 0 fully saturated rings. The molecule has 0 aromatic carbocycles. The van der Waals surface area contributed by atoms with Gasteiger partial charge in [-0.1, -0.05) is 6.92 Å². The molecule has 5 nitrogen and oxygen atoms in total. The maximum absolute atomic E-state index is 11.9. The van der Waals surface area contributed by atoms with Crippen LogP contribution in [0.15, 0.2) is 17.4 Å². The third-order valence-electron chi connectivity index (χ3n) is 2.16. The molecule has 1 rings (SSSR count). The number of carbonyl (C=O) groups excluding carboxylic acids is 1. The van der Waals surface area contributed by atoms with Crippen molar-refractivity contribution in [3.05, 3.63) is 12.4 Å². The summed E-state index contributed by atoms with van der Waals surface area (Å²) in [5, 5.41) is 6.85. The average Bonchev–Trinajstić information content (AvgIpc) is 2.27. The minimum Gasteiger partial charge on any atom is -0.357 e. The Morgan fingerprint density at radius 2 is 2.11 bits per heavy atom. The summed E-state index contributed by atoms with van der Waals surface area (Å²) in [5.74, 6) is 1.51. The van der Waals surface area contributed by atoms with Crippen LogP contribution in [0, 0.1) is 0 Å². The summed E-state index contributed by atoms with van der Waals surface area (Å²) in [4.78, 5) is 20.5. The zero-order valence-corrected chi connectivity index (χ0v) is 13.0. The second kappa shape index (κ2) is 6.75. The van der Waals surface area contributed by atoms with Crippen LogP contribution in [0.4, 0.5) is 5.82 Å². The Balaban J connectivity index is 2.63. The predicted octanol–water partition coefficient (Wildman–Crippen LogP) is 2.30. The van der Waals surface area contributed by atoms with Gasteiger partial charge < -0.3 is 10.6 Å². The number of nitrogens with zero attached hydrogens (tertiary/aromatic N) is 2. The van der Waals surface area contributed by atoms with E-state index in [0.717, 1.165) is 10.8 Å². The van der Waals surface area contributed by atoms with Gasteiger partial charge in [-0.25, -0.2) is 4.98 Å². The van der Waals surface area contributed by atoms with E-state index in [4.69, 9.17) is 0 Å². The molecule has 0 aliphatic heterocycles. The fourth-order valence-corrected chi connectivity index (χ4v) is 1.99. The smallest absolute Gasteiger partial charge is 0.242 e. The SMILES string of the molecule is CCSc1cncc(N[C@H](C)C(=O)NC(C)(C)C)n1. The fourth-order valence-electron chi connectivity index (χ4n) is 1.40. The van der Waals surface area contributed by atoms with Crippen LogP contribution in [0.1, 0.15) is 34.6 Å². The van der Waals surface area contributed by atoms with E-state index < -0.39 is 0 Å². The Labute approximate surface area is 119 Å². The van der Waals surface area contributed by atoms with Crippen LogP contribution in [-0.4, -0.2) is 33.2 Å². The van der Waals surface area contributed by atoms with Crippen molar-refractivity contribution in [3.8, 4) is 0 Å². The number of nitrogens with one attached hydrogen (secondary N) is 2. The number of anilines is 1. The maximum atomic E-state index is 11.9. The molecule has 1 aromatic rings. The summed E-state index contributed by atoms with van der Waals surface area (Å²) in [6.07, 6.45) is 3.35. The molecule has 1 heterocycles. The second-order valence-electron chi connectivity index (χ2n) is 5.28. The summed E-state index contributed by atoms with van der Waals surface area (Å²) in [6.45, 7) is 9.73. The predicted molar refractivity (Wildman–Crippen MR) is 79.4 cm³/mol. The Morgan fingerprint density at radius 3 is 2.68 bits per heavy atom. The maximum Gasteiger partial charge on any atom is 0.242 e. The number of hydrogen-bond acceptors (Lipinski definition) is 5. The van der Waals surface area contributed by atoms with Crippen molar-refractivity contribution in [2.45, 2.75) is 51.2 Å². The van der Waals surface area contributed by atoms with E-state index in [9.17, 15) is 4.79 Å². The minimum atomic E-state index is -0.351. The molecule has 2 N–H and O–H groups in total. The highest BCUT2D eigenvalue weighted by molar-refractivity contribution is 7.99. The molecule has 0 unspecified atom stereocenters. The van der Waals surface area contributed by atoms with Crippen LogP contribution >= 0.6 is 11.8 Å². The highest BCUT2D eigenvalue weighted by atomic mass is 32.2. The van der Waals surface area contributed by atoms with Crippen LogP contribution in [-0.2, 0) is 4.79 Å². The van der Waals surface area contributed by atoms with Gasteiger partial charge in [0.05, 0.1) is 12.4 Å². The van der Waals surface area contributed by atoms with E-state index in [1.165, 1.54) is 0 Å². The standard InChI is InChI=1S/C13H22N4OS/c1-6-19-11-8-14-7-10(16-11)15-9(2)12(18)17-13(3,4)5/h7-9H,6H2,1-5H3,(H,15,16)(H,17,18)/t9-/m1/s1. The molecule has 0 saturated heterocycles. The molecule has 1 aromatic heterocycles. The van der Waals surface area contributed by atoms with Gasteiger partial charge in [0.2, 0.25) is 5.91 Å². The first kappa shape index (κ1) is 15.8. The molecule has 0 saturated carbocycles.